The molecule has 2 heterocycles. The molecule has 2 aromatic carbocycles. The van der Waals surface area contributed by atoms with Gasteiger partial charge in [0.15, 0.2) is 6.10 Å². The van der Waals surface area contributed by atoms with Crippen LogP contribution in [0.4, 0.5) is 0 Å². The highest BCUT2D eigenvalue weighted by Crippen LogP contribution is 2.33. The SMILES string of the molecule is COc1ccc(Br)c2[nH]c(C(=O)OC(C(=O)NC3CCOc4ccccc43)C(C)C)cc12. The molecule has 1 amide bonds. The highest BCUT2D eigenvalue weighted by atomic mass is 79.9. The number of esters is 1. The summed E-state index contributed by atoms with van der Waals surface area (Å²) in [5.74, 6) is 0.260. The van der Waals surface area contributed by atoms with E-state index in [1.807, 2.05) is 50.2 Å². The Hall–Kier alpha value is -3.00. The summed E-state index contributed by atoms with van der Waals surface area (Å²) in [7, 11) is 1.57. The zero-order valence-corrected chi connectivity index (χ0v) is 19.7. The van der Waals surface area contributed by atoms with Crippen molar-refractivity contribution in [3.8, 4) is 11.5 Å². The van der Waals surface area contributed by atoms with E-state index in [9.17, 15) is 9.59 Å². The molecule has 3 aromatic rings. The Morgan fingerprint density at radius 1 is 1.22 bits per heavy atom. The minimum Gasteiger partial charge on any atom is -0.496 e. The topological polar surface area (TPSA) is 89.7 Å². The molecule has 0 aliphatic carbocycles. The van der Waals surface area contributed by atoms with E-state index < -0.39 is 12.1 Å². The summed E-state index contributed by atoms with van der Waals surface area (Å²) < 4.78 is 17.5. The van der Waals surface area contributed by atoms with Crippen LogP contribution in [-0.2, 0) is 9.53 Å². The molecule has 0 bridgehead atoms. The molecule has 0 spiro atoms. The van der Waals surface area contributed by atoms with Crippen LogP contribution < -0.4 is 14.8 Å². The lowest BCUT2D eigenvalue weighted by atomic mass is 9.99. The number of para-hydroxylation sites is 1. The molecule has 0 radical (unpaired) electrons. The van der Waals surface area contributed by atoms with Crippen LogP contribution in [0.5, 0.6) is 11.5 Å². The second kappa shape index (κ2) is 9.24. The van der Waals surface area contributed by atoms with Crippen LogP contribution in [0.25, 0.3) is 10.9 Å². The van der Waals surface area contributed by atoms with Crippen LogP contribution in [0.15, 0.2) is 46.9 Å². The summed E-state index contributed by atoms with van der Waals surface area (Å²) in [4.78, 5) is 29.1. The lowest BCUT2D eigenvalue weighted by Crippen LogP contribution is -2.43. The molecule has 7 nitrogen and oxygen atoms in total. The number of carbonyl (C=O) groups is 2. The Morgan fingerprint density at radius 2 is 2.00 bits per heavy atom. The van der Waals surface area contributed by atoms with Crippen LogP contribution in [-0.4, -0.2) is 36.7 Å². The number of ether oxygens (including phenoxy) is 3. The summed E-state index contributed by atoms with van der Waals surface area (Å²) in [6, 6.07) is 12.8. The smallest absolute Gasteiger partial charge is 0.355 e. The number of halogens is 1. The van der Waals surface area contributed by atoms with Gasteiger partial charge in [0.25, 0.3) is 5.91 Å². The predicted octanol–water partition coefficient (Wildman–Crippen LogP) is 4.76. The molecule has 32 heavy (non-hydrogen) atoms. The van der Waals surface area contributed by atoms with Crippen molar-refractivity contribution in [2.45, 2.75) is 32.4 Å². The molecule has 168 valence electrons. The summed E-state index contributed by atoms with van der Waals surface area (Å²) in [6.07, 6.45) is -0.286. The van der Waals surface area contributed by atoms with Crippen molar-refractivity contribution in [3.63, 3.8) is 0 Å². The quantitative estimate of drug-likeness (QED) is 0.476. The first kappa shape index (κ1) is 22.2. The Labute approximate surface area is 194 Å². The van der Waals surface area contributed by atoms with Gasteiger partial charge in [-0.1, -0.05) is 32.0 Å². The van der Waals surface area contributed by atoms with E-state index in [1.54, 1.807) is 13.2 Å². The van der Waals surface area contributed by atoms with Crippen LogP contribution >= 0.6 is 15.9 Å². The fourth-order valence-electron chi connectivity index (χ4n) is 3.86. The van der Waals surface area contributed by atoms with Crippen molar-refractivity contribution in [2.24, 2.45) is 5.92 Å². The van der Waals surface area contributed by atoms with Gasteiger partial charge in [-0.2, -0.15) is 0 Å². The Bertz CT molecular complexity index is 1160. The normalized spacial score (nSPS) is 16.2. The van der Waals surface area contributed by atoms with Gasteiger partial charge in [0.1, 0.15) is 17.2 Å². The molecule has 4 rings (SSSR count). The van der Waals surface area contributed by atoms with Crippen molar-refractivity contribution >= 4 is 38.7 Å². The Kier molecular flexibility index (Phi) is 6.41. The molecule has 1 aromatic heterocycles. The van der Waals surface area contributed by atoms with Crippen molar-refractivity contribution in [1.82, 2.24) is 10.3 Å². The lowest BCUT2D eigenvalue weighted by molar-refractivity contribution is -0.133. The third-order valence-corrected chi connectivity index (χ3v) is 6.18. The number of fused-ring (bicyclic) bond motifs is 2. The van der Waals surface area contributed by atoms with Crippen molar-refractivity contribution in [1.29, 1.82) is 0 Å². The van der Waals surface area contributed by atoms with Gasteiger partial charge in [0.2, 0.25) is 0 Å². The van der Waals surface area contributed by atoms with Gasteiger partial charge in [0.05, 0.1) is 25.3 Å². The van der Waals surface area contributed by atoms with Crippen molar-refractivity contribution in [2.75, 3.05) is 13.7 Å². The van der Waals surface area contributed by atoms with Crippen LogP contribution in [0, 0.1) is 5.92 Å². The van der Waals surface area contributed by atoms with Gasteiger partial charge in [-0.3, -0.25) is 4.79 Å². The van der Waals surface area contributed by atoms with E-state index in [-0.39, 0.29) is 23.6 Å². The zero-order valence-electron chi connectivity index (χ0n) is 18.1. The average molecular weight is 501 g/mol. The molecule has 0 saturated carbocycles. The predicted molar refractivity (Wildman–Crippen MR) is 124 cm³/mol. The van der Waals surface area contributed by atoms with Gasteiger partial charge < -0.3 is 24.5 Å². The van der Waals surface area contributed by atoms with E-state index >= 15 is 0 Å². The number of benzene rings is 2. The van der Waals surface area contributed by atoms with E-state index in [4.69, 9.17) is 14.2 Å². The number of nitrogens with one attached hydrogen (secondary N) is 2. The van der Waals surface area contributed by atoms with E-state index in [2.05, 4.69) is 26.2 Å². The second-order valence-electron chi connectivity index (χ2n) is 8.03. The number of H-pyrrole nitrogens is 1. The first-order valence-corrected chi connectivity index (χ1v) is 11.3. The summed E-state index contributed by atoms with van der Waals surface area (Å²) in [6.45, 7) is 4.21. The summed E-state index contributed by atoms with van der Waals surface area (Å²) >= 11 is 3.48. The highest BCUT2D eigenvalue weighted by Gasteiger charge is 2.31. The first-order chi connectivity index (χ1) is 15.4. The molecular weight excluding hydrogens is 476 g/mol. The van der Waals surface area contributed by atoms with Crippen LogP contribution in [0.1, 0.15) is 42.4 Å². The van der Waals surface area contributed by atoms with Gasteiger partial charge in [-0.25, -0.2) is 4.79 Å². The molecule has 2 atom stereocenters. The van der Waals surface area contributed by atoms with Gasteiger partial charge in [-0.15, -0.1) is 0 Å². The Morgan fingerprint density at radius 3 is 2.75 bits per heavy atom. The molecule has 2 N–H and O–H groups in total. The monoisotopic (exact) mass is 500 g/mol. The highest BCUT2D eigenvalue weighted by molar-refractivity contribution is 9.10. The fourth-order valence-corrected chi connectivity index (χ4v) is 4.31. The number of aromatic amines is 1. The molecule has 2 unspecified atom stereocenters. The third-order valence-electron chi connectivity index (χ3n) is 5.52. The number of carbonyl (C=O) groups excluding carboxylic acids is 2. The first-order valence-electron chi connectivity index (χ1n) is 10.5. The standard InChI is InChI=1S/C24H25BrN2O5/c1-13(2)22(23(28)27-17-10-11-31-20-7-5-4-6-14(17)20)32-24(29)18-12-15-19(30-3)9-8-16(25)21(15)26-18/h4-9,12-13,17,22,26H,10-11H2,1-3H3,(H,27,28). The maximum absolute atomic E-state index is 13.1. The van der Waals surface area contributed by atoms with Crippen molar-refractivity contribution in [3.05, 3.63) is 58.2 Å². The van der Waals surface area contributed by atoms with Gasteiger partial charge >= 0.3 is 5.97 Å². The molecule has 1 aliphatic rings. The van der Waals surface area contributed by atoms with E-state index in [0.717, 1.165) is 26.7 Å². The largest absolute Gasteiger partial charge is 0.496 e. The summed E-state index contributed by atoms with van der Waals surface area (Å²) in [5.41, 5.74) is 1.90. The zero-order chi connectivity index (χ0) is 22.8. The second-order valence-corrected chi connectivity index (χ2v) is 8.88. The molecule has 8 heteroatoms. The third kappa shape index (κ3) is 4.32. The van der Waals surface area contributed by atoms with Gasteiger partial charge in [-0.05, 0) is 46.1 Å². The minimum absolute atomic E-state index is 0.194. The fraction of sp³-hybridized carbons (Fsp3) is 0.333. The number of amides is 1. The van der Waals surface area contributed by atoms with Gasteiger partial charge in [0, 0.05) is 21.8 Å². The summed E-state index contributed by atoms with van der Waals surface area (Å²) in [5, 5.41) is 3.78. The van der Waals surface area contributed by atoms with E-state index in [0.29, 0.717) is 18.8 Å². The van der Waals surface area contributed by atoms with Crippen molar-refractivity contribution < 1.29 is 23.8 Å². The Balaban J connectivity index is 1.53. The van der Waals surface area contributed by atoms with Crippen LogP contribution in [0.2, 0.25) is 0 Å². The maximum atomic E-state index is 13.1. The number of hydrogen-bond donors (Lipinski definition) is 2. The number of rotatable bonds is 6. The number of methoxy groups -OCH3 is 1. The van der Waals surface area contributed by atoms with E-state index in [1.165, 1.54) is 0 Å². The lowest BCUT2D eigenvalue weighted by Gasteiger charge is -2.29. The maximum Gasteiger partial charge on any atom is 0.355 e. The molecular formula is C24H25BrN2O5. The molecule has 0 fully saturated rings. The molecule has 0 saturated heterocycles. The van der Waals surface area contributed by atoms with Crippen LogP contribution in [0.3, 0.4) is 0 Å². The minimum atomic E-state index is -0.936. The number of aromatic nitrogens is 1. The average Bonchev–Trinajstić information content (AvgIpc) is 3.24. The molecule has 1 aliphatic heterocycles. The number of hydrogen-bond acceptors (Lipinski definition) is 5.